The first kappa shape index (κ1) is 15.3. The smallest absolute Gasteiger partial charge is 0.251 e. The van der Waals surface area contributed by atoms with Crippen LogP contribution in [-0.4, -0.2) is 12.5 Å². The highest BCUT2D eigenvalue weighted by molar-refractivity contribution is 6.30. The lowest BCUT2D eigenvalue weighted by atomic mass is 10.0. The summed E-state index contributed by atoms with van der Waals surface area (Å²) in [6, 6.07) is 15.5. The normalized spacial score (nSPS) is 17.3. The number of hydrogen-bond acceptors (Lipinski definition) is 2. The first-order valence-electron chi connectivity index (χ1n) is 8.19. The van der Waals surface area contributed by atoms with Crippen LogP contribution in [0.5, 0.6) is 5.75 Å². The zero-order valence-corrected chi connectivity index (χ0v) is 13.9. The molecule has 122 valence electrons. The maximum Gasteiger partial charge on any atom is 0.251 e. The number of nitrogens with one attached hydrogen (secondary N) is 1. The number of halogens is 1. The van der Waals surface area contributed by atoms with Crippen molar-refractivity contribution in [3.05, 3.63) is 70.3 Å². The monoisotopic (exact) mass is 339 g/mol. The molecule has 2 aromatic rings. The van der Waals surface area contributed by atoms with Crippen molar-refractivity contribution in [1.82, 2.24) is 5.32 Å². The van der Waals surface area contributed by atoms with Crippen molar-refractivity contribution in [3.63, 3.8) is 0 Å². The molecule has 1 fully saturated rings. The Kier molecular flexibility index (Phi) is 4.03. The van der Waals surface area contributed by atoms with Crippen LogP contribution < -0.4 is 10.1 Å². The molecule has 0 spiro atoms. The van der Waals surface area contributed by atoms with E-state index in [1.54, 1.807) is 0 Å². The number of fused-ring (bicyclic) bond motifs is 1. The number of carbonyl (C=O) groups is 1. The predicted octanol–water partition coefficient (Wildman–Crippen LogP) is 4.38. The second kappa shape index (κ2) is 6.33. The molecule has 1 unspecified atom stereocenters. The maximum atomic E-state index is 12.7. The van der Waals surface area contributed by atoms with E-state index in [9.17, 15) is 4.79 Å². The summed E-state index contributed by atoms with van der Waals surface area (Å²) in [6.07, 6.45) is 4.21. The Hall–Kier alpha value is -2.26. The van der Waals surface area contributed by atoms with E-state index < -0.39 is 0 Å². The molecule has 1 amide bonds. The van der Waals surface area contributed by atoms with Gasteiger partial charge in [0.2, 0.25) is 0 Å². The van der Waals surface area contributed by atoms with Crippen molar-refractivity contribution >= 4 is 23.6 Å². The number of rotatable bonds is 4. The third-order valence-electron chi connectivity index (χ3n) is 4.53. The Balaban J connectivity index is 1.54. The van der Waals surface area contributed by atoms with Gasteiger partial charge in [0.15, 0.2) is 0 Å². The molecule has 1 saturated carbocycles. The zero-order valence-electron chi connectivity index (χ0n) is 13.2. The van der Waals surface area contributed by atoms with Gasteiger partial charge < -0.3 is 10.1 Å². The van der Waals surface area contributed by atoms with Gasteiger partial charge in [-0.25, -0.2) is 0 Å². The highest BCUT2D eigenvalue weighted by Crippen LogP contribution is 2.41. The van der Waals surface area contributed by atoms with E-state index in [0.29, 0.717) is 23.1 Å². The molecular formula is C20H18ClNO2. The van der Waals surface area contributed by atoms with Gasteiger partial charge in [-0.3, -0.25) is 4.79 Å². The first-order chi connectivity index (χ1) is 11.7. The number of ether oxygens (including phenoxy) is 1. The fourth-order valence-corrected chi connectivity index (χ4v) is 3.18. The van der Waals surface area contributed by atoms with Crippen LogP contribution >= 0.6 is 11.6 Å². The van der Waals surface area contributed by atoms with Crippen LogP contribution in [0.3, 0.4) is 0 Å². The topological polar surface area (TPSA) is 38.3 Å². The molecule has 0 saturated heterocycles. The second-order valence-electron chi connectivity index (χ2n) is 6.34. The number of hydrogen-bond donors (Lipinski definition) is 1. The van der Waals surface area contributed by atoms with Crippen LogP contribution in [0.25, 0.3) is 6.08 Å². The van der Waals surface area contributed by atoms with Gasteiger partial charge in [0.1, 0.15) is 12.4 Å². The van der Waals surface area contributed by atoms with Gasteiger partial charge in [-0.1, -0.05) is 41.9 Å². The number of para-hydroxylation sites is 1. The minimum Gasteiger partial charge on any atom is -0.488 e. The van der Waals surface area contributed by atoms with Crippen LogP contribution in [-0.2, 0) is 4.79 Å². The Morgan fingerprint density at radius 3 is 2.62 bits per heavy atom. The molecule has 3 nitrogen and oxygen atoms in total. The third kappa shape index (κ3) is 3.17. The summed E-state index contributed by atoms with van der Waals surface area (Å²) < 4.78 is 5.69. The van der Waals surface area contributed by atoms with Crippen molar-refractivity contribution in [2.75, 3.05) is 6.61 Å². The molecule has 0 bridgehead atoms. The molecule has 24 heavy (non-hydrogen) atoms. The van der Waals surface area contributed by atoms with Crippen molar-refractivity contribution < 1.29 is 9.53 Å². The predicted molar refractivity (Wildman–Crippen MR) is 95.0 cm³/mol. The minimum absolute atomic E-state index is 0.0350. The summed E-state index contributed by atoms with van der Waals surface area (Å²) in [6.45, 7) is 0.306. The third-order valence-corrected chi connectivity index (χ3v) is 4.78. The molecule has 1 aliphatic heterocycles. The molecule has 4 rings (SSSR count). The number of carbonyl (C=O) groups excluding carboxylic acids is 1. The molecule has 1 heterocycles. The van der Waals surface area contributed by atoms with Crippen molar-refractivity contribution in [2.45, 2.75) is 18.9 Å². The summed E-state index contributed by atoms with van der Waals surface area (Å²) >= 11 is 5.97. The Morgan fingerprint density at radius 2 is 1.88 bits per heavy atom. The van der Waals surface area contributed by atoms with Crippen LogP contribution in [0, 0.1) is 5.92 Å². The lowest BCUT2D eigenvalue weighted by Crippen LogP contribution is -2.33. The standard InChI is InChI=1S/C20H18ClNO2/c21-17-9-7-14(8-10-17)19(13-5-6-13)22-20(23)16-11-15-3-1-2-4-18(15)24-12-16/h1-4,7-11,13,19H,5-6,12H2,(H,22,23). The highest BCUT2D eigenvalue weighted by atomic mass is 35.5. The van der Waals surface area contributed by atoms with Gasteiger partial charge in [0, 0.05) is 10.6 Å². The van der Waals surface area contributed by atoms with Gasteiger partial charge in [-0.05, 0) is 48.6 Å². The summed E-state index contributed by atoms with van der Waals surface area (Å²) in [5, 5.41) is 3.89. The van der Waals surface area contributed by atoms with E-state index in [-0.39, 0.29) is 11.9 Å². The van der Waals surface area contributed by atoms with Crippen LogP contribution in [0.15, 0.2) is 54.1 Å². The summed E-state index contributed by atoms with van der Waals surface area (Å²) in [5.74, 6) is 1.27. The lowest BCUT2D eigenvalue weighted by Gasteiger charge is -2.22. The quantitative estimate of drug-likeness (QED) is 0.897. The van der Waals surface area contributed by atoms with Crippen molar-refractivity contribution in [1.29, 1.82) is 0 Å². The van der Waals surface area contributed by atoms with Crippen LogP contribution in [0.1, 0.15) is 30.0 Å². The fourth-order valence-electron chi connectivity index (χ4n) is 3.05. The van der Waals surface area contributed by atoms with E-state index in [1.807, 2.05) is 54.6 Å². The van der Waals surface area contributed by atoms with Crippen molar-refractivity contribution in [2.24, 2.45) is 5.92 Å². The number of amides is 1. The van der Waals surface area contributed by atoms with E-state index in [0.717, 1.165) is 29.7 Å². The molecular weight excluding hydrogens is 322 g/mol. The molecule has 2 aromatic carbocycles. The molecule has 0 radical (unpaired) electrons. The molecule has 2 aliphatic rings. The summed E-state index contributed by atoms with van der Waals surface area (Å²) in [4.78, 5) is 12.7. The zero-order chi connectivity index (χ0) is 16.5. The average Bonchev–Trinajstić information content (AvgIpc) is 3.45. The van der Waals surface area contributed by atoms with Gasteiger partial charge in [-0.2, -0.15) is 0 Å². The van der Waals surface area contributed by atoms with E-state index in [1.165, 1.54) is 0 Å². The van der Waals surface area contributed by atoms with Gasteiger partial charge in [0.05, 0.1) is 11.6 Å². The Morgan fingerprint density at radius 1 is 1.12 bits per heavy atom. The van der Waals surface area contributed by atoms with E-state index in [4.69, 9.17) is 16.3 Å². The fraction of sp³-hybridized carbons (Fsp3) is 0.250. The highest BCUT2D eigenvalue weighted by Gasteiger charge is 2.34. The summed E-state index contributed by atoms with van der Waals surface area (Å²) in [5.41, 5.74) is 2.71. The molecule has 4 heteroatoms. The first-order valence-corrected chi connectivity index (χ1v) is 8.57. The largest absolute Gasteiger partial charge is 0.488 e. The second-order valence-corrected chi connectivity index (χ2v) is 6.77. The lowest BCUT2D eigenvalue weighted by molar-refractivity contribution is -0.118. The molecule has 1 N–H and O–H groups in total. The SMILES string of the molecule is O=C(NC(c1ccc(Cl)cc1)C1CC1)C1=Cc2ccccc2OC1. The van der Waals surface area contributed by atoms with E-state index >= 15 is 0 Å². The van der Waals surface area contributed by atoms with Gasteiger partial charge in [-0.15, -0.1) is 0 Å². The Bertz CT molecular complexity index is 794. The minimum atomic E-state index is -0.0589. The van der Waals surface area contributed by atoms with Crippen molar-refractivity contribution in [3.8, 4) is 5.75 Å². The molecule has 1 aliphatic carbocycles. The maximum absolute atomic E-state index is 12.7. The van der Waals surface area contributed by atoms with Gasteiger partial charge in [0.25, 0.3) is 5.91 Å². The van der Waals surface area contributed by atoms with Crippen LogP contribution in [0.4, 0.5) is 0 Å². The Labute approximate surface area is 146 Å². The van der Waals surface area contributed by atoms with Gasteiger partial charge >= 0.3 is 0 Å². The van der Waals surface area contributed by atoms with E-state index in [2.05, 4.69) is 5.32 Å². The average molecular weight is 340 g/mol. The summed E-state index contributed by atoms with van der Waals surface area (Å²) in [7, 11) is 0. The molecule has 0 aromatic heterocycles. The molecule has 1 atom stereocenters. The van der Waals surface area contributed by atoms with Crippen LogP contribution in [0.2, 0.25) is 5.02 Å². The number of benzene rings is 2.